The van der Waals surface area contributed by atoms with Crippen LogP contribution in [-0.4, -0.2) is 24.4 Å². The Morgan fingerprint density at radius 3 is 2.84 bits per heavy atom. The average molecular weight is 262 g/mol. The van der Waals surface area contributed by atoms with E-state index in [0.29, 0.717) is 12.2 Å². The Bertz CT molecular complexity index is 622. The van der Waals surface area contributed by atoms with E-state index in [-0.39, 0.29) is 23.1 Å². The lowest BCUT2D eigenvalue weighted by Gasteiger charge is -2.08. The smallest absolute Gasteiger partial charge is 0.333 e. The van der Waals surface area contributed by atoms with Crippen molar-refractivity contribution in [2.45, 2.75) is 26.7 Å². The summed E-state index contributed by atoms with van der Waals surface area (Å²) < 4.78 is 1.59. The number of rotatable bonds is 4. The summed E-state index contributed by atoms with van der Waals surface area (Å²) in [4.78, 5) is 22.7. The molecule has 0 aliphatic heterocycles. The molecule has 19 heavy (non-hydrogen) atoms. The molecular formula is C11H14N6O2. The van der Waals surface area contributed by atoms with Gasteiger partial charge in [-0.25, -0.2) is 9.97 Å². The summed E-state index contributed by atoms with van der Waals surface area (Å²) >= 11 is 0. The normalized spacial score (nSPS) is 10.6. The van der Waals surface area contributed by atoms with Gasteiger partial charge in [-0.2, -0.15) is 4.98 Å². The first-order chi connectivity index (χ1) is 9.04. The summed E-state index contributed by atoms with van der Waals surface area (Å²) in [6.07, 6.45) is 4.80. The van der Waals surface area contributed by atoms with Crippen molar-refractivity contribution in [2.24, 2.45) is 0 Å². The first-order valence-electron chi connectivity index (χ1n) is 5.85. The standard InChI is InChI=1S/C11H14N6O2/c1-3-4-8-13-5-6-16(8)10-9(17(18)19)7(2)14-11(12)15-10/h5-6H,3-4H2,1-2H3,(H2,12,14,15). The third kappa shape index (κ3) is 2.37. The van der Waals surface area contributed by atoms with Crippen molar-refractivity contribution >= 4 is 11.6 Å². The fourth-order valence-electron chi connectivity index (χ4n) is 1.89. The topological polar surface area (TPSA) is 113 Å². The summed E-state index contributed by atoms with van der Waals surface area (Å²) in [6.45, 7) is 3.54. The predicted octanol–water partition coefficient (Wildman–Crippen LogP) is 1.41. The minimum absolute atomic E-state index is 0.00856. The molecule has 0 fully saturated rings. The number of nitrogens with zero attached hydrogens (tertiary/aromatic N) is 5. The summed E-state index contributed by atoms with van der Waals surface area (Å²) in [6, 6.07) is 0. The van der Waals surface area contributed by atoms with Gasteiger partial charge < -0.3 is 5.73 Å². The van der Waals surface area contributed by atoms with Crippen LogP contribution in [0.4, 0.5) is 11.6 Å². The van der Waals surface area contributed by atoms with Crippen LogP contribution in [0.25, 0.3) is 5.82 Å². The van der Waals surface area contributed by atoms with Crippen LogP contribution in [0.15, 0.2) is 12.4 Å². The second kappa shape index (κ2) is 5.01. The van der Waals surface area contributed by atoms with Crippen LogP contribution in [0, 0.1) is 17.0 Å². The molecule has 2 N–H and O–H groups in total. The second-order valence-corrected chi connectivity index (χ2v) is 4.06. The van der Waals surface area contributed by atoms with Crippen molar-refractivity contribution in [1.82, 2.24) is 19.5 Å². The number of hydrogen-bond donors (Lipinski definition) is 1. The van der Waals surface area contributed by atoms with Crippen molar-refractivity contribution < 1.29 is 4.92 Å². The van der Waals surface area contributed by atoms with Gasteiger partial charge in [0.25, 0.3) is 0 Å². The monoisotopic (exact) mass is 262 g/mol. The van der Waals surface area contributed by atoms with Crippen LogP contribution in [0.2, 0.25) is 0 Å². The first-order valence-corrected chi connectivity index (χ1v) is 5.85. The molecule has 0 spiro atoms. The molecule has 2 aromatic rings. The number of nitrogen functional groups attached to an aromatic ring is 1. The van der Waals surface area contributed by atoms with Gasteiger partial charge in [-0.05, 0) is 13.3 Å². The number of aryl methyl sites for hydroxylation is 2. The minimum Gasteiger partial charge on any atom is -0.368 e. The van der Waals surface area contributed by atoms with Crippen molar-refractivity contribution in [2.75, 3.05) is 5.73 Å². The fourth-order valence-corrected chi connectivity index (χ4v) is 1.89. The molecule has 0 radical (unpaired) electrons. The lowest BCUT2D eigenvalue weighted by atomic mass is 10.3. The van der Waals surface area contributed by atoms with Crippen LogP contribution in [0.1, 0.15) is 24.9 Å². The van der Waals surface area contributed by atoms with Gasteiger partial charge in [-0.3, -0.25) is 14.7 Å². The number of imidazole rings is 1. The Morgan fingerprint density at radius 2 is 2.21 bits per heavy atom. The molecule has 2 aromatic heterocycles. The maximum Gasteiger partial charge on any atom is 0.333 e. The van der Waals surface area contributed by atoms with Gasteiger partial charge in [-0.1, -0.05) is 6.92 Å². The van der Waals surface area contributed by atoms with E-state index < -0.39 is 4.92 Å². The second-order valence-electron chi connectivity index (χ2n) is 4.06. The third-order valence-electron chi connectivity index (χ3n) is 2.66. The lowest BCUT2D eigenvalue weighted by molar-refractivity contribution is -0.385. The van der Waals surface area contributed by atoms with Gasteiger partial charge in [-0.15, -0.1) is 0 Å². The van der Waals surface area contributed by atoms with Gasteiger partial charge in [0.1, 0.15) is 11.5 Å². The Labute approximate surface area is 109 Å². The number of nitrogens with two attached hydrogens (primary N) is 1. The van der Waals surface area contributed by atoms with Crippen LogP contribution in [0.5, 0.6) is 0 Å². The average Bonchev–Trinajstić information content (AvgIpc) is 2.75. The van der Waals surface area contributed by atoms with E-state index in [4.69, 9.17) is 5.73 Å². The Morgan fingerprint density at radius 1 is 1.47 bits per heavy atom. The quantitative estimate of drug-likeness (QED) is 0.658. The van der Waals surface area contributed by atoms with E-state index in [1.165, 1.54) is 6.92 Å². The Kier molecular flexibility index (Phi) is 3.41. The molecule has 0 aliphatic rings. The lowest BCUT2D eigenvalue weighted by Crippen LogP contribution is -2.11. The SMILES string of the molecule is CCCc1nccn1-c1nc(N)nc(C)c1[N+](=O)[O-]. The Balaban J connectivity index is 2.66. The summed E-state index contributed by atoms with van der Waals surface area (Å²) in [7, 11) is 0. The summed E-state index contributed by atoms with van der Waals surface area (Å²) in [5.41, 5.74) is 5.67. The molecule has 0 atom stereocenters. The molecule has 0 saturated heterocycles. The molecule has 0 bridgehead atoms. The van der Waals surface area contributed by atoms with Gasteiger partial charge in [0.15, 0.2) is 0 Å². The summed E-state index contributed by atoms with van der Waals surface area (Å²) in [5.74, 6) is 0.883. The molecule has 8 nitrogen and oxygen atoms in total. The summed E-state index contributed by atoms with van der Waals surface area (Å²) in [5, 5.41) is 11.2. The van der Waals surface area contributed by atoms with E-state index in [1.807, 2.05) is 6.92 Å². The van der Waals surface area contributed by atoms with Gasteiger partial charge in [0, 0.05) is 18.8 Å². The van der Waals surface area contributed by atoms with Crippen LogP contribution in [0.3, 0.4) is 0 Å². The fraction of sp³-hybridized carbons (Fsp3) is 0.364. The van der Waals surface area contributed by atoms with Crippen LogP contribution >= 0.6 is 0 Å². The number of nitro groups is 1. The predicted molar refractivity (Wildman–Crippen MR) is 69.0 cm³/mol. The molecule has 0 amide bonds. The van der Waals surface area contributed by atoms with Crippen molar-refractivity contribution in [3.8, 4) is 5.82 Å². The van der Waals surface area contributed by atoms with Crippen molar-refractivity contribution in [3.05, 3.63) is 34.0 Å². The molecule has 0 unspecified atom stereocenters. The molecule has 2 heterocycles. The maximum atomic E-state index is 11.2. The van der Waals surface area contributed by atoms with E-state index in [1.54, 1.807) is 17.0 Å². The highest BCUT2D eigenvalue weighted by Crippen LogP contribution is 2.25. The van der Waals surface area contributed by atoms with Gasteiger partial charge in [0.2, 0.25) is 11.8 Å². The highest BCUT2D eigenvalue weighted by atomic mass is 16.6. The van der Waals surface area contributed by atoms with Crippen molar-refractivity contribution in [3.63, 3.8) is 0 Å². The van der Waals surface area contributed by atoms with Gasteiger partial charge >= 0.3 is 5.69 Å². The van der Waals surface area contributed by atoms with Gasteiger partial charge in [0.05, 0.1) is 4.92 Å². The van der Waals surface area contributed by atoms with Crippen molar-refractivity contribution in [1.29, 1.82) is 0 Å². The van der Waals surface area contributed by atoms with Crippen LogP contribution in [-0.2, 0) is 6.42 Å². The molecule has 0 saturated carbocycles. The minimum atomic E-state index is -0.500. The molecular weight excluding hydrogens is 248 g/mol. The largest absolute Gasteiger partial charge is 0.368 e. The van der Waals surface area contributed by atoms with E-state index in [2.05, 4.69) is 15.0 Å². The number of hydrogen-bond acceptors (Lipinski definition) is 6. The molecule has 0 aliphatic carbocycles. The molecule has 2 rings (SSSR count). The highest BCUT2D eigenvalue weighted by molar-refractivity contribution is 5.53. The molecule has 8 heteroatoms. The molecule has 0 aromatic carbocycles. The van der Waals surface area contributed by atoms with E-state index >= 15 is 0 Å². The zero-order valence-electron chi connectivity index (χ0n) is 10.7. The number of anilines is 1. The van der Waals surface area contributed by atoms with Crippen LogP contribution < -0.4 is 5.73 Å². The van der Waals surface area contributed by atoms with E-state index in [9.17, 15) is 10.1 Å². The first kappa shape index (κ1) is 12.9. The maximum absolute atomic E-state index is 11.2. The number of aromatic nitrogens is 4. The third-order valence-corrected chi connectivity index (χ3v) is 2.66. The zero-order chi connectivity index (χ0) is 14.0. The Hall–Kier alpha value is -2.51. The zero-order valence-corrected chi connectivity index (χ0v) is 10.7. The highest BCUT2D eigenvalue weighted by Gasteiger charge is 2.24. The van der Waals surface area contributed by atoms with E-state index in [0.717, 1.165) is 6.42 Å². The molecule has 100 valence electrons.